The fraction of sp³-hybridized carbons (Fsp3) is 0.250. The molecule has 0 heterocycles. The van der Waals surface area contributed by atoms with Crippen LogP contribution in [0.25, 0.3) is 0 Å². The van der Waals surface area contributed by atoms with Gasteiger partial charge in [-0.2, -0.15) is 0 Å². The van der Waals surface area contributed by atoms with Crippen molar-refractivity contribution in [3.8, 4) is 11.8 Å². The fourth-order valence-corrected chi connectivity index (χ4v) is 1.14. The summed E-state index contributed by atoms with van der Waals surface area (Å²) >= 11 is 0. The SMILES string of the molecule is CC(C)=C/C=C(\C)C#Cc1ccc(C)cc1. The number of rotatable bonds is 1. The van der Waals surface area contributed by atoms with Crippen LogP contribution in [0.5, 0.6) is 0 Å². The standard InChI is InChI=1S/C16H18/c1-13(2)5-6-14(3)7-10-16-11-8-15(4)9-12-16/h5-6,8-9,11-12H,1-4H3/b14-6+. The van der Waals surface area contributed by atoms with Crippen molar-refractivity contribution in [2.45, 2.75) is 27.7 Å². The summed E-state index contributed by atoms with van der Waals surface area (Å²) < 4.78 is 0. The number of allylic oxidation sites excluding steroid dienone is 4. The Kier molecular flexibility index (Phi) is 4.61. The van der Waals surface area contributed by atoms with Crippen LogP contribution in [0.4, 0.5) is 0 Å². The molecule has 0 N–H and O–H groups in total. The third-order valence-corrected chi connectivity index (χ3v) is 2.12. The minimum Gasteiger partial charge on any atom is -0.0764 e. The van der Waals surface area contributed by atoms with E-state index in [1.165, 1.54) is 11.1 Å². The van der Waals surface area contributed by atoms with Gasteiger partial charge < -0.3 is 0 Å². The van der Waals surface area contributed by atoms with Gasteiger partial charge in [-0.1, -0.05) is 47.3 Å². The molecule has 0 aliphatic heterocycles. The van der Waals surface area contributed by atoms with Gasteiger partial charge in [-0.3, -0.25) is 0 Å². The van der Waals surface area contributed by atoms with Gasteiger partial charge in [0.2, 0.25) is 0 Å². The predicted octanol–water partition coefficient (Wildman–Crippen LogP) is 4.26. The summed E-state index contributed by atoms with van der Waals surface area (Å²) in [4.78, 5) is 0. The molecule has 1 aromatic rings. The maximum Gasteiger partial charge on any atom is 0.0249 e. The highest BCUT2D eigenvalue weighted by Gasteiger charge is 1.85. The Morgan fingerprint density at radius 3 is 2.19 bits per heavy atom. The summed E-state index contributed by atoms with van der Waals surface area (Å²) in [7, 11) is 0. The van der Waals surface area contributed by atoms with E-state index in [4.69, 9.17) is 0 Å². The highest BCUT2D eigenvalue weighted by Crippen LogP contribution is 2.02. The monoisotopic (exact) mass is 210 g/mol. The van der Waals surface area contributed by atoms with E-state index in [-0.39, 0.29) is 0 Å². The summed E-state index contributed by atoms with van der Waals surface area (Å²) in [5.41, 5.74) is 4.70. The minimum atomic E-state index is 1.07. The first-order chi connectivity index (χ1) is 7.58. The molecule has 0 spiro atoms. The van der Waals surface area contributed by atoms with Crippen molar-refractivity contribution in [1.82, 2.24) is 0 Å². The highest BCUT2D eigenvalue weighted by molar-refractivity contribution is 5.41. The second-order valence-corrected chi connectivity index (χ2v) is 4.21. The van der Waals surface area contributed by atoms with Crippen LogP contribution < -0.4 is 0 Å². The molecule has 0 saturated carbocycles. The molecule has 0 aliphatic rings. The lowest BCUT2D eigenvalue weighted by molar-refractivity contribution is 1.38. The molecule has 0 saturated heterocycles. The Hall–Kier alpha value is -1.74. The van der Waals surface area contributed by atoms with E-state index in [0.29, 0.717) is 0 Å². The molecule has 1 aromatic carbocycles. The first-order valence-corrected chi connectivity index (χ1v) is 5.48. The fourth-order valence-electron chi connectivity index (χ4n) is 1.14. The number of benzene rings is 1. The van der Waals surface area contributed by atoms with Crippen LogP contribution in [0.2, 0.25) is 0 Å². The van der Waals surface area contributed by atoms with Gasteiger partial charge in [0.1, 0.15) is 0 Å². The number of aryl methyl sites for hydroxylation is 1. The molecule has 0 amide bonds. The van der Waals surface area contributed by atoms with Crippen LogP contribution in [0.3, 0.4) is 0 Å². The minimum absolute atomic E-state index is 1.07. The molecule has 0 atom stereocenters. The normalized spacial score (nSPS) is 10.4. The van der Waals surface area contributed by atoms with Crippen LogP contribution in [0.1, 0.15) is 31.9 Å². The average molecular weight is 210 g/mol. The van der Waals surface area contributed by atoms with Crippen molar-refractivity contribution in [2.75, 3.05) is 0 Å². The molecule has 16 heavy (non-hydrogen) atoms. The van der Waals surface area contributed by atoms with Gasteiger partial charge >= 0.3 is 0 Å². The third kappa shape index (κ3) is 4.66. The molecule has 0 aromatic heterocycles. The molecule has 0 fully saturated rings. The van der Waals surface area contributed by atoms with Crippen LogP contribution >= 0.6 is 0 Å². The van der Waals surface area contributed by atoms with E-state index >= 15 is 0 Å². The van der Waals surface area contributed by atoms with Crippen molar-refractivity contribution in [3.05, 3.63) is 58.7 Å². The average Bonchev–Trinajstić information content (AvgIpc) is 2.25. The second kappa shape index (κ2) is 5.98. The predicted molar refractivity (Wildman–Crippen MR) is 71.2 cm³/mol. The Morgan fingerprint density at radius 1 is 1.00 bits per heavy atom. The van der Waals surface area contributed by atoms with Gasteiger partial charge in [0.25, 0.3) is 0 Å². The summed E-state index contributed by atoms with van der Waals surface area (Å²) in [5.74, 6) is 6.29. The van der Waals surface area contributed by atoms with Crippen molar-refractivity contribution in [2.24, 2.45) is 0 Å². The van der Waals surface area contributed by atoms with E-state index < -0.39 is 0 Å². The Bertz CT molecular complexity index is 455. The van der Waals surface area contributed by atoms with Gasteiger partial charge in [-0.25, -0.2) is 0 Å². The van der Waals surface area contributed by atoms with Gasteiger partial charge in [0.05, 0.1) is 0 Å². The van der Waals surface area contributed by atoms with E-state index in [0.717, 1.165) is 11.1 Å². The lowest BCUT2D eigenvalue weighted by atomic mass is 10.1. The van der Waals surface area contributed by atoms with E-state index in [9.17, 15) is 0 Å². The zero-order valence-electron chi connectivity index (χ0n) is 10.5. The topological polar surface area (TPSA) is 0 Å². The Morgan fingerprint density at radius 2 is 1.62 bits per heavy atom. The smallest absolute Gasteiger partial charge is 0.0249 e. The highest BCUT2D eigenvalue weighted by atomic mass is 13.9. The molecule has 0 bridgehead atoms. The quantitative estimate of drug-likeness (QED) is 0.480. The van der Waals surface area contributed by atoms with Crippen LogP contribution in [0.15, 0.2) is 47.6 Å². The van der Waals surface area contributed by atoms with E-state index in [1.807, 2.05) is 6.92 Å². The summed E-state index contributed by atoms with van der Waals surface area (Å²) in [6.45, 7) is 8.27. The van der Waals surface area contributed by atoms with Crippen molar-refractivity contribution < 1.29 is 0 Å². The Balaban J connectivity index is 2.78. The van der Waals surface area contributed by atoms with Crippen LogP contribution in [0, 0.1) is 18.8 Å². The van der Waals surface area contributed by atoms with Gasteiger partial charge in [-0.15, -0.1) is 0 Å². The largest absolute Gasteiger partial charge is 0.0764 e. The van der Waals surface area contributed by atoms with Crippen molar-refractivity contribution in [1.29, 1.82) is 0 Å². The third-order valence-electron chi connectivity index (χ3n) is 2.12. The maximum atomic E-state index is 3.15. The van der Waals surface area contributed by atoms with Crippen molar-refractivity contribution in [3.63, 3.8) is 0 Å². The summed E-state index contributed by atoms with van der Waals surface area (Å²) in [6, 6.07) is 8.27. The summed E-state index contributed by atoms with van der Waals surface area (Å²) in [6.07, 6.45) is 4.13. The van der Waals surface area contributed by atoms with Gasteiger partial charge in [0, 0.05) is 5.56 Å². The maximum absolute atomic E-state index is 3.15. The zero-order chi connectivity index (χ0) is 12.0. The Labute approximate surface area is 98.7 Å². The summed E-state index contributed by atoms with van der Waals surface area (Å²) in [5, 5.41) is 0. The van der Waals surface area contributed by atoms with E-state index in [2.05, 4.69) is 69.0 Å². The molecule has 1 rings (SSSR count). The molecular formula is C16H18. The molecule has 0 nitrogen and oxygen atoms in total. The molecule has 82 valence electrons. The van der Waals surface area contributed by atoms with Gasteiger partial charge in [0.15, 0.2) is 0 Å². The van der Waals surface area contributed by atoms with Crippen molar-refractivity contribution >= 4 is 0 Å². The van der Waals surface area contributed by atoms with Crippen LogP contribution in [-0.2, 0) is 0 Å². The number of hydrogen-bond acceptors (Lipinski definition) is 0. The number of hydrogen-bond donors (Lipinski definition) is 0. The first kappa shape index (κ1) is 12.3. The molecule has 0 radical (unpaired) electrons. The van der Waals surface area contributed by atoms with Gasteiger partial charge in [-0.05, 0) is 45.4 Å². The van der Waals surface area contributed by atoms with E-state index in [1.54, 1.807) is 0 Å². The molecular weight excluding hydrogens is 192 g/mol. The first-order valence-electron chi connectivity index (χ1n) is 5.48. The molecule has 0 aliphatic carbocycles. The lowest BCUT2D eigenvalue weighted by Gasteiger charge is -1.91. The molecule has 0 heteroatoms. The molecule has 0 unspecified atom stereocenters. The lowest BCUT2D eigenvalue weighted by Crippen LogP contribution is -1.76. The van der Waals surface area contributed by atoms with Crippen LogP contribution in [-0.4, -0.2) is 0 Å². The second-order valence-electron chi connectivity index (χ2n) is 4.21. The zero-order valence-corrected chi connectivity index (χ0v) is 10.5.